The van der Waals surface area contributed by atoms with Gasteiger partial charge < -0.3 is 16.2 Å². The molecule has 1 saturated carbocycles. The normalized spacial score (nSPS) is 20.1. The molecule has 0 unspecified atom stereocenters. The van der Waals surface area contributed by atoms with E-state index in [4.69, 9.17) is 17.3 Å². The second-order valence-corrected chi connectivity index (χ2v) is 6.33. The van der Waals surface area contributed by atoms with Crippen LogP contribution >= 0.6 is 11.6 Å². The number of hydrogen-bond donors (Lipinski definition) is 3. The van der Waals surface area contributed by atoms with Gasteiger partial charge in [-0.3, -0.25) is 0 Å². The number of rotatable bonds is 2. The van der Waals surface area contributed by atoms with Crippen LogP contribution in [0.25, 0.3) is 0 Å². The summed E-state index contributed by atoms with van der Waals surface area (Å²) in [6, 6.07) is 7.60. The van der Waals surface area contributed by atoms with Gasteiger partial charge in [0, 0.05) is 16.6 Å². The molecule has 1 aromatic heterocycles. The second-order valence-electron chi connectivity index (χ2n) is 5.90. The SMILES string of the molecule is Nc1ncc(C#Cc2ccc(Cl)cc2)c(NC2CCC(O)CC2)n1. The quantitative estimate of drug-likeness (QED) is 0.731. The highest BCUT2D eigenvalue weighted by Crippen LogP contribution is 2.23. The van der Waals surface area contributed by atoms with Gasteiger partial charge in [-0.1, -0.05) is 23.4 Å². The Morgan fingerprint density at radius 2 is 1.83 bits per heavy atom. The summed E-state index contributed by atoms with van der Waals surface area (Å²) in [5.74, 6) is 7.03. The number of nitrogens with one attached hydrogen (secondary N) is 1. The summed E-state index contributed by atoms with van der Waals surface area (Å²) in [5, 5.41) is 13.7. The molecule has 124 valence electrons. The second kappa shape index (κ2) is 7.52. The molecular formula is C18H19ClN4O. The third-order valence-electron chi connectivity index (χ3n) is 4.03. The average molecular weight is 343 g/mol. The average Bonchev–Trinajstić information content (AvgIpc) is 2.58. The van der Waals surface area contributed by atoms with E-state index in [1.165, 1.54) is 0 Å². The Bertz CT molecular complexity index is 759. The molecule has 0 saturated heterocycles. The Morgan fingerprint density at radius 3 is 2.54 bits per heavy atom. The van der Waals surface area contributed by atoms with Crippen LogP contribution < -0.4 is 11.1 Å². The first kappa shape index (κ1) is 16.6. The Hall–Kier alpha value is -2.29. The maximum absolute atomic E-state index is 9.62. The van der Waals surface area contributed by atoms with Crippen LogP contribution in [0.3, 0.4) is 0 Å². The van der Waals surface area contributed by atoms with E-state index in [2.05, 4.69) is 27.1 Å². The molecule has 1 heterocycles. The fraction of sp³-hybridized carbons (Fsp3) is 0.333. The summed E-state index contributed by atoms with van der Waals surface area (Å²) in [5.41, 5.74) is 7.28. The maximum atomic E-state index is 9.62. The molecule has 5 nitrogen and oxygen atoms in total. The predicted molar refractivity (Wildman–Crippen MR) is 95.8 cm³/mol. The highest BCUT2D eigenvalue weighted by Gasteiger charge is 2.20. The van der Waals surface area contributed by atoms with Crippen molar-refractivity contribution in [2.45, 2.75) is 37.8 Å². The van der Waals surface area contributed by atoms with Gasteiger partial charge in [0.15, 0.2) is 0 Å². The molecule has 1 aliphatic carbocycles. The number of nitrogens with two attached hydrogens (primary N) is 1. The lowest BCUT2D eigenvalue weighted by Gasteiger charge is -2.26. The van der Waals surface area contributed by atoms with Gasteiger partial charge in [-0.2, -0.15) is 4.98 Å². The van der Waals surface area contributed by atoms with Gasteiger partial charge in [0.05, 0.1) is 17.9 Å². The Labute approximate surface area is 146 Å². The van der Waals surface area contributed by atoms with E-state index >= 15 is 0 Å². The fourth-order valence-corrected chi connectivity index (χ4v) is 2.81. The third kappa shape index (κ3) is 4.38. The molecular weight excluding hydrogens is 324 g/mol. The molecule has 1 fully saturated rings. The van der Waals surface area contributed by atoms with E-state index in [1.807, 2.05) is 12.1 Å². The highest BCUT2D eigenvalue weighted by molar-refractivity contribution is 6.30. The van der Waals surface area contributed by atoms with E-state index in [0.717, 1.165) is 31.2 Å². The lowest BCUT2D eigenvalue weighted by atomic mass is 9.93. The first-order chi connectivity index (χ1) is 11.6. The largest absolute Gasteiger partial charge is 0.393 e. The lowest BCUT2D eigenvalue weighted by molar-refractivity contribution is 0.126. The molecule has 1 aliphatic rings. The number of nitrogen functional groups attached to an aromatic ring is 1. The van der Waals surface area contributed by atoms with Crippen LogP contribution in [0.1, 0.15) is 36.8 Å². The van der Waals surface area contributed by atoms with Crippen LogP contribution in [0.15, 0.2) is 30.5 Å². The van der Waals surface area contributed by atoms with Crippen molar-refractivity contribution in [3.63, 3.8) is 0 Å². The summed E-state index contributed by atoms with van der Waals surface area (Å²) < 4.78 is 0. The minimum absolute atomic E-state index is 0.192. The molecule has 6 heteroatoms. The van der Waals surface area contributed by atoms with E-state index in [-0.39, 0.29) is 18.1 Å². The number of aromatic nitrogens is 2. The molecule has 0 bridgehead atoms. The molecule has 4 N–H and O–H groups in total. The van der Waals surface area contributed by atoms with Crippen molar-refractivity contribution in [3.05, 3.63) is 46.6 Å². The fourth-order valence-electron chi connectivity index (χ4n) is 2.68. The Kier molecular flexibility index (Phi) is 5.19. The number of aliphatic hydroxyl groups is 1. The molecule has 3 rings (SSSR count). The van der Waals surface area contributed by atoms with E-state index < -0.39 is 0 Å². The van der Waals surface area contributed by atoms with Crippen LogP contribution in [-0.2, 0) is 0 Å². The van der Waals surface area contributed by atoms with Crippen LogP contribution in [0.5, 0.6) is 0 Å². The molecule has 1 aromatic carbocycles. The number of nitrogens with zero attached hydrogens (tertiary/aromatic N) is 2. The Morgan fingerprint density at radius 1 is 1.12 bits per heavy atom. The summed E-state index contributed by atoms with van der Waals surface area (Å²) in [6.45, 7) is 0. The van der Waals surface area contributed by atoms with Gasteiger partial charge in [-0.15, -0.1) is 0 Å². The topological polar surface area (TPSA) is 84.1 Å². The van der Waals surface area contributed by atoms with Crippen molar-refractivity contribution >= 4 is 23.4 Å². The van der Waals surface area contributed by atoms with E-state index in [9.17, 15) is 5.11 Å². The molecule has 2 aromatic rings. The lowest BCUT2D eigenvalue weighted by Crippen LogP contribution is -2.29. The number of anilines is 2. The van der Waals surface area contributed by atoms with Crippen LogP contribution in [0, 0.1) is 11.8 Å². The maximum Gasteiger partial charge on any atom is 0.222 e. The summed E-state index contributed by atoms with van der Waals surface area (Å²) in [4.78, 5) is 8.32. The monoisotopic (exact) mass is 342 g/mol. The zero-order valence-corrected chi connectivity index (χ0v) is 13.9. The van der Waals surface area contributed by atoms with Crippen molar-refractivity contribution in [1.82, 2.24) is 9.97 Å². The number of aliphatic hydroxyl groups excluding tert-OH is 1. The summed E-state index contributed by atoms with van der Waals surface area (Å²) in [7, 11) is 0. The van der Waals surface area contributed by atoms with Crippen LogP contribution in [-0.4, -0.2) is 27.2 Å². The van der Waals surface area contributed by atoms with Crippen LogP contribution in [0.2, 0.25) is 5.02 Å². The highest BCUT2D eigenvalue weighted by atomic mass is 35.5. The van der Waals surface area contributed by atoms with Gasteiger partial charge in [-0.25, -0.2) is 4.98 Å². The van der Waals surface area contributed by atoms with Gasteiger partial charge in [0.1, 0.15) is 5.82 Å². The summed E-state index contributed by atoms with van der Waals surface area (Å²) in [6.07, 6.45) is 4.83. The zero-order chi connectivity index (χ0) is 16.9. The van der Waals surface area contributed by atoms with Crippen LogP contribution in [0.4, 0.5) is 11.8 Å². The van der Waals surface area contributed by atoms with Gasteiger partial charge in [-0.05, 0) is 49.9 Å². The molecule has 0 atom stereocenters. The smallest absolute Gasteiger partial charge is 0.222 e. The number of benzene rings is 1. The van der Waals surface area contributed by atoms with Gasteiger partial charge >= 0.3 is 0 Å². The molecule has 0 radical (unpaired) electrons. The Balaban J connectivity index is 1.79. The van der Waals surface area contributed by atoms with Crippen molar-refractivity contribution < 1.29 is 5.11 Å². The standard InChI is InChI=1S/C18H19ClN4O/c19-14-5-2-12(3-6-14)1-4-13-11-21-18(20)23-17(13)22-15-7-9-16(24)10-8-15/h2-3,5-6,11,15-16,24H,7-10H2,(H3,20,21,22,23). The zero-order valence-electron chi connectivity index (χ0n) is 13.2. The molecule has 0 amide bonds. The van der Waals surface area contributed by atoms with E-state index in [0.29, 0.717) is 16.4 Å². The van der Waals surface area contributed by atoms with Crippen molar-refractivity contribution in [1.29, 1.82) is 0 Å². The van der Waals surface area contributed by atoms with E-state index in [1.54, 1.807) is 18.3 Å². The van der Waals surface area contributed by atoms with Crippen molar-refractivity contribution in [3.8, 4) is 11.8 Å². The molecule has 0 aliphatic heterocycles. The van der Waals surface area contributed by atoms with Gasteiger partial charge in [0.2, 0.25) is 5.95 Å². The van der Waals surface area contributed by atoms with Crippen molar-refractivity contribution in [2.75, 3.05) is 11.1 Å². The third-order valence-corrected chi connectivity index (χ3v) is 4.28. The minimum atomic E-state index is -0.192. The number of hydrogen-bond acceptors (Lipinski definition) is 5. The first-order valence-electron chi connectivity index (χ1n) is 7.95. The molecule has 0 spiro atoms. The summed E-state index contributed by atoms with van der Waals surface area (Å²) >= 11 is 5.88. The molecule has 24 heavy (non-hydrogen) atoms. The number of halogens is 1. The minimum Gasteiger partial charge on any atom is -0.393 e. The van der Waals surface area contributed by atoms with Gasteiger partial charge in [0.25, 0.3) is 0 Å². The van der Waals surface area contributed by atoms with Crippen molar-refractivity contribution in [2.24, 2.45) is 0 Å². The first-order valence-corrected chi connectivity index (χ1v) is 8.32. The predicted octanol–water partition coefficient (Wildman–Crippen LogP) is 2.83.